The second-order valence-corrected chi connectivity index (χ2v) is 2.80. The molecule has 0 nitrogen and oxygen atoms in total. The molecule has 0 saturated heterocycles. The van der Waals surface area contributed by atoms with Gasteiger partial charge in [0.2, 0.25) is 0 Å². The summed E-state index contributed by atoms with van der Waals surface area (Å²) in [7, 11) is 0. The zero-order valence-corrected chi connectivity index (χ0v) is 12.7. The molecule has 0 N–H and O–H groups in total. The smallest absolute Gasteiger partial charge is 0.00271 e. The molecule has 0 aliphatic carbocycles. The van der Waals surface area contributed by atoms with Gasteiger partial charge in [-0.1, -0.05) is 67.7 Å². The van der Waals surface area contributed by atoms with Crippen LogP contribution in [0.3, 0.4) is 0 Å². The number of rotatable bonds is 3. The Kier molecular flexibility index (Phi) is 59.9. The summed E-state index contributed by atoms with van der Waals surface area (Å²) >= 11 is 0. The van der Waals surface area contributed by atoms with Crippen molar-refractivity contribution in [3.05, 3.63) is 0 Å². The van der Waals surface area contributed by atoms with E-state index in [0.717, 1.165) is 5.92 Å². The fourth-order valence-corrected chi connectivity index (χ4v) is 0.697. The highest BCUT2D eigenvalue weighted by Gasteiger charge is 1.92. The van der Waals surface area contributed by atoms with Crippen LogP contribution in [-0.2, 0) is 0 Å². The highest BCUT2D eigenvalue weighted by atomic mass is 14.0. The van der Waals surface area contributed by atoms with Crippen LogP contribution in [0.2, 0.25) is 0 Å². The summed E-state index contributed by atoms with van der Waals surface area (Å²) in [5.74, 6) is 6.31. The van der Waals surface area contributed by atoms with Gasteiger partial charge >= 0.3 is 0 Å². The molecule has 0 heterocycles. The molecule has 0 amide bonds. The fourth-order valence-electron chi connectivity index (χ4n) is 0.697. The van der Waals surface area contributed by atoms with E-state index in [1.54, 1.807) is 0 Å². The Morgan fingerprint density at radius 3 is 1.27 bits per heavy atom. The van der Waals surface area contributed by atoms with Crippen LogP contribution in [-0.4, -0.2) is 0 Å². The monoisotopic (exact) mass is 214 g/mol. The lowest BCUT2D eigenvalue weighted by Crippen LogP contribution is -1.88. The first-order valence-electron chi connectivity index (χ1n) is 6.56. The maximum atomic E-state index is 2.68. The van der Waals surface area contributed by atoms with Gasteiger partial charge in [0.25, 0.3) is 0 Å². The van der Waals surface area contributed by atoms with Crippen molar-refractivity contribution in [3.63, 3.8) is 0 Å². The highest BCUT2D eigenvalue weighted by Crippen LogP contribution is 2.07. The minimum atomic E-state index is 0.949. The van der Waals surface area contributed by atoms with E-state index in [0.29, 0.717) is 0 Å². The van der Waals surface area contributed by atoms with Crippen molar-refractivity contribution in [1.82, 2.24) is 0 Å². The predicted molar refractivity (Wildman–Crippen MR) is 76.2 cm³/mol. The highest BCUT2D eigenvalue weighted by molar-refractivity contribution is 4.89. The Bertz CT molecular complexity index is 96.9. The van der Waals surface area contributed by atoms with Crippen molar-refractivity contribution in [2.45, 2.75) is 81.6 Å². The predicted octanol–water partition coefficient (Wildman–Crippen LogP) is 5.91. The van der Waals surface area contributed by atoms with Gasteiger partial charge in [-0.25, -0.2) is 0 Å². The summed E-state index contributed by atoms with van der Waals surface area (Å²) in [5.41, 5.74) is 0. The van der Waals surface area contributed by atoms with Gasteiger partial charge in [0.05, 0.1) is 0 Å². The Balaban J connectivity index is -0.0000000647. The van der Waals surface area contributed by atoms with Crippen molar-refractivity contribution in [1.29, 1.82) is 0 Å². The normalized spacial score (nSPS) is 8.33. The molecule has 94 valence electrons. The van der Waals surface area contributed by atoms with E-state index >= 15 is 0 Å². The van der Waals surface area contributed by atoms with Crippen molar-refractivity contribution in [3.8, 4) is 11.8 Å². The molecule has 0 rings (SSSR count). The second-order valence-electron chi connectivity index (χ2n) is 2.80. The molecule has 0 aliphatic heterocycles. The molecule has 0 radical (unpaired) electrons. The quantitative estimate of drug-likeness (QED) is 0.512. The molecular weight excluding hydrogens is 180 g/mol. The Morgan fingerprint density at radius 2 is 1.20 bits per heavy atom. The molecule has 0 heteroatoms. The molecule has 0 aromatic rings. The van der Waals surface area contributed by atoms with Crippen LogP contribution in [0.4, 0.5) is 0 Å². The van der Waals surface area contributed by atoms with Gasteiger partial charge in [0.1, 0.15) is 0 Å². The molecule has 0 fully saturated rings. The molecule has 0 aromatic carbocycles. The first-order valence-corrected chi connectivity index (χ1v) is 6.56. The summed E-state index contributed by atoms with van der Waals surface area (Å²) in [6, 6.07) is 0. The van der Waals surface area contributed by atoms with Gasteiger partial charge in [-0.3, -0.25) is 0 Å². The average Bonchev–Trinajstić information content (AvgIpc) is 2.34. The van der Waals surface area contributed by atoms with Crippen LogP contribution in [0, 0.1) is 17.8 Å². The molecule has 0 aliphatic rings. The SMILES string of the molecule is CC.CC.CC#CC.CCCC(C)CC. The lowest BCUT2D eigenvalue weighted by atomic mass is 10.0. The van der Waals surface area contributed by atoms with Crippen LogP contribution in [0.15, 0.2) is 0 Å². The largest absolute Gasteiger partial charge is 0.107 e. The molecule has 0 saturated carbocycles. The minimum absolute atomic E-state index is 0.949. The maximum Gasteiger partial charge on any atom is -0.00271 e. The fraction of sp³-hybridized carbons (Fsp3) is 0.867. The standard InChI is InChI=1S/C7H16.C4H6.2C2H6/c1-4-6-7(3)5-2;1-3-4-2;2*1-2/h7H,4-6H2,1-3H3;1-2H3;2*1-2H3. The second kappa shape index (κ2) is 37.4. The molecular formula is C15H34. The molecule has 0 spiro atoms. The average molecular weight is 214 g/mol. The van der Waals surface area contributed by atoms with E-state index in [1.165, 1.54) is 19.3 Å². The van der Waals surface area contributed by atoms with Gasteiger partial charge in [0, 0.05) is 0 Å². The van der Waals surface area contributed by atoms with E-state index in [9.17, 15) is 0 Å². The van der Waals surface area contributed by atoms with Gasteiger partial charge in [-0.2, -0.15) is 0 Å². The van der Waals surface area contributed by atoms with E-state index in [1.807, 2.05) is 41.5 Å². The first kappa shape index (κ1) is 24.0. The van der Waals surface area contributed by atoms with Crippen LogP contribution >= 0.6 is 0 Å². The van der Waals surface area contributed by atoms with Crippen LogP contribution in [0.5, 0.6) is 0 Å². The molecule has 1 atom stereocenters. The molecule has 0 bridgehead atoms. The van der Waals surface area contributed by atoms with Crippen molar-refractivity contribution < 1.29 is 0 Å². The van der Waals surface area contributed by atoms with Crippen molar-refractivity contribution >= 4 is 0 Å². The lowest BCUT2D eigenvalue weighted by Gasteiger charge is -2.02. The lowest BCUT2D eigenvalue weighted by molar-refractivity contribution is 0.509. The summed E-state index contributed by atoms with van der Waals surface area (Å²) in [5, 5.41) is 0. The van der Waals surface area contributed by atoms with E-state index in [4.69, 9.17) is 0 Å². The molecule has 15 heavy (non-hydrogen) atoms. The summed E-state index contributed by atoms with van der Waals surface area (Å²) in [4.78, 5) is 0. The zero-order valence-electron chi connectivity index (χ0n) is 12.7. The van der Waals surface area contributed by atoms with E-state index < -0.39 is 0 Å². The van der Waals surface area contributed by atoms with Crippen molar-refractivity contribution in [2.75, 3.05) is 0 Å². The van der Waals surface area contributed by atoms with Crippen LogP contribution in [0.25, 0.3) is 0 Å². The maximum absolute atomic E-state index is 2.68. The Labute approximate surface area is 99.9 Å². The van der Waals surface area contributed by atoms with Crippen LogP contribution in [0.1, 0.15) is 81.6 Å². The topological polar surface area (TPSA) is 0 Å². The third kappa shape index (κ3) is 58.6. The van der Waals surface area contributed by atoms with Crippen LogP contribution < -0.4 is 0 Å². The third-order valence-electron chi connectivity index (χ3n) is 1.73. The number of hydrogen-bond donors (Lipinski definition) is 0. The Hall–Kier alpha value is -0.440. The summed E-state index contributed by atoms with van der Waals surface area (Å²) in [6.45, 7) is 18.4. The van der Waals surface area contributed by atoms with Crippen molar-refractivity contribution in [2.24, 2.45) is 5.92 Å². The summed E-state index contributed by atoms with van der Waals surface area (Å²) < 4.78 is 0. The minimum Gasteiger partial charge on any atom is -0.107 e. The molecule has 0 aromatic heterocycles. The van der Waals surface area contributed by atoms with Gasteiger partial charge < -0.3 is 0 Å². The van der Waals surface area contributed by atoms with E-state index in [-0.39, 0.29) is 0 Å². The Morgan fingerprint density at radius 1 is 0.867 bits per heavy atom. The zero-order chi connectivity index (χ0) is 13.1. The first-order chi connectivity index (χ1) is 7.22. The summed E-state index contributed by atoms with van der Waals surface area (Å²) in [6.07, 6.45) is 4.08. The van der Waals surface area contributed by atoms with E-state index in [2.05, 4.69) is 32.6 Å². The van der Waals surface area contributed by atoms with Gasteiger partial charge in [-0.15, -0.1) is 11.8 Å². The van der Waals surface area contributed by atoms with Gasteiger partial charge in [0.15, 0.2) is 0 Å². The third-order valence-corrected chi connectivity index (χ3v) is 1.73. The molecule has 1 unspecified atom stereocenters. The number of hydrogen-bond acceptors (Lipinski definition) is 0. The van der Waals surface area contributed by atoms with Gasteiger partial charge in [-0.05, 0) is 19.8 Å².